The minimum Gasteiger partial charge on any atom is -0.481 e. The molecule has 4 unspecified atom stereocenters. The topological polar surface area (TPSA) is 202 Å². The number of carboxylic acids is 2. The largest absolute Gasteiger partial charge is 0.481 e. The van der Waals surface area contributed by atoms with Crippen LogP contribution in [0.25, 0.3) is 11.1 Å². The number of halogens is 2. The molecule has 2 aliphatic carbocycles. The first-order valence-electron chi connectivity index (χ1n) is 18.2. The van der Waals surface area contributed by atoms with Crippen molar-refractivity contribution in [1.82, 2.24) is 20.6 Å². The quantitative estimate of drug-likeness (QED) is 0.0698. The number of rotatable bonds is 19. The maximum atomic E-state index is 10.9. The van der Waals surface area contributed by atoms with Crippen LogP contribution in [-0.2, 0) is 35.5 Å². The molecule has 2 aliphatic rings. The van der Waals surface area contributed by atoms with Crippen LogP contribution in [-0.4, -0.2) is 81.8 Å². The molecule has 2 aromatic heterocycles. The third-order valence-electron chi connectivity index (χ3n) is 9.79. The number of carboxylic acid groups (broad SMARTS) is 2. The molecule has 0 spiro atoms. The Morgan fingerprint density at radius 2 is 1.12 bits per heavy atom. The summed E-state index contributed by atoms with van der Waals surface area (Å²) in [5.74, 6) is -1.07. The minimum absolute atomic E-state index is 0.0754. The van der Waals surface area contributed by atoms with Gasteiger partial charge in [-0.3, -0.25) is 9.59 Å². The molecule has 298 valence electrons. The molecular weight excluding hydrogens is 767 g/mol. The summed E-state index contributed by atoms with van der Waals surface area (Å²) >= 11 is 13.3. The van der Waals surface area contributed by atoms with Gasteiger partial charge in [0.05, 0.1) is 39.3 Å². The number of benzene rings is 2. The number of pyridine rings is 2. The number of hydrogen-bond acceptors (Lipinski definition) is 12. The van der Waals surface area contributed by atoms with E-state index in [9.17, 15) is 19.8 Å². The molecule has 6 N–H and O–H groups in total. The molecule has 0 saturated carbocycles. The van der Waals surface area contributed by atoms with E-state index in [-0.39, 0.29) is 63.0 Å². The minimum atomic E-state index is -1.08. The predicted molar refractivity (Wildman–Crippen MR) is 207 cm³/mol. The maximum Gasteiger partial charge on any atom is 0.306 e. The summed E-state index contributed by atoms with van der Waals surface area (Å²) in [5, 5.41) is 44.2. The Kier molecular flexibility index (Phi) is 13.5. The fraction of sp³-hybridized carbons (Fsp3) is 0.400. The van der Waals surface area contributed by atoms with Gasteiger partial charge in [-0.05, 0) is 71.2 Å². The van der Waals surface area contributed by atoms with Gasteiger partial charge in [0.2, 0.25) is 23.5 Å². The van der Waals surface area contributed by atoms with Crippen LogP contribution >= 0.6 is 23.2 Å². The molecule has 0 fully saturated rings. The number of hydrogen-bond donors (Lipinski definition) is 6. The Balaban J connectivity index is 1.16. The molecule has 0 aliphatic heterocycles. The number of carbonyl (C=O) groups is 2. The average molecular weight is 812 g/mol. The molecule has 4 aromatic rings. The average Bonchev–Trinajstić information content (AvgIpc) is 3.77. The zero-order valence-electron chi connectivity index (χ0n) is 30.9. The molecule has 6 rings (SSSR count). The van der Waals surface area contributed by atoms with Gasteiger partial charge in [0.25, 0.3) is 0 Å². The van der Waals surface area contributed by atoms with E-state index in [4.69, 9.17) is 52.4 Å². The molecule has 0 radical (unpaired) electrons. The normalized spacial score (nSPS) is 16.8. The monoisotopic (exact) mass is 810 g/mol. The molecule has 56 heavy (non-hydrogen) atoms. The zero-order chi connectivity index (χ0) is 39.9. The zero-order valence-corrected chi connectivity index (χ0v) is 32.4. The van der Waals surface area contributed by atoms with Crippen molar-refractivity contribution in [2.75, 3.05) is 27.3 Å². The van der Waals surface area contributed by atoms with Crippen LogP contribution in [0.5, 0.6) is 23.5 Å². The third-order valence-corrected chi connectivity index (χ3v) is 10.3. The standard InChI is InChI=1S/C40H44Cl2N4O10/c1-53-37-21(17-43-19-23(47)15-35(49)50)13-31(41)39(45-37)55-33-11-9-27-25(5-3-7-29(27)33)26-6-4-8-30-28(26)10-12-34(30)56-40-32(42)14-22(38(46-40)54-2)18-44-20-24(48)16-36(51)52/h3-8,13-14,23-24,33-34,43-44,47-48H,9-12,15-20H2,1-2H3,(H,49,50)(H,51,52). The van der Waals surface area contributed by atoms with Gasteiger partial charge in [-0.25, -0.2) is 0 Å². The smallest absolute Gasteiger partial charge is 0.306 e. The summed E-state index contributed by atoms with van der Waals surface area (Å²) in [6.07, 6.45) is -0.375. The number of aliphatic carboxylic acids is 2. The van der Waals surface area contributed by atoms with Crippen molar-refractivity contribution in [2.45, 2.75) is 76.0 Å². The Morgan fingerprint density at radius 3 is 1.50 bits per heavy atom. The fourth-order valence-corrected chi connectivity index (χ4v) is 7.74. The van der Waals surface area contributed by atoms with Crippen molar-refractivity contribution in [1.29, 1.82) is 0 Å². The lowest BCUT2D eigenvalue weighted by Gasteiger charge is -2.19. The van der Waals surface area contributed by atoms with Crippen LogP contribution in [0.1, 0.15) is 71.3 Å². The molecule has 0 amide bonds. The third kappa shape index (κ3) is 9.63. The van der Waals surface area contributed by atoms with Crippen LogP contribution in [0.3, 0.4) is 0 Å². The van der Waals surface area contributed by atoms with Gasteiger partial charge in [0.15, 0.2) is 0 Å². The van der Waals surface area contributed by atoms with E-state index in [2.05, 4.69) is 44.9 Å². The number of ether oxygens (including phenoxy) is 4. The summed E-state index contributed by atoms with van der Waals surface area (Å²) in [5.41, 5.74) is 7.99. The first-order chi connectivity index (χ1) is 26.9. The first kappa shape index (κ1) is 40.9. The highest BCUT2D eigenvalue weighted by atomic mass is 35.5. The van der Waals surface area contributed by atoms with Gasteiger partial charge in [-0.15, -0.1) is 0 Å². The molecule has 0 bridgehead atoms. The van der Waals surface area contributed by atoms with Gasteiger partial charge in [-0.2, -0.15) is 9.97 Å². The number of nitrogens with zero attached hydrogens (tertiary/aromatic N) is 2. The van der Waals surface area contributed by atoms with Crippen LogP contribution < -0.4 is 29.6 Å². The highest BCUT2D eigenvalue weighted by Crippen LogP contribution is 2.46. The molecule has 14 nitrogen and oxygen atoms in total. The van der Waals surface area contributed by atoms with Crippen LogP contribution in [0.4, 0.5) is 0 Å². The Labute approximate surface area is 333 Å². The van der Waals surface area contributed by atoms with Crippen molar-refractivity contribution in [3.05, 3.63) is 92.0 Å². The van der Waals surface area contributed by atoms with E-state index in [0.717, 1.165) is 47.9 Å². The second kappa shape index (κ2) is 18.5. The molecule has 2 aromatic carbocycles. The fourth-order valence-electron chi connectivity index (χ4n) is 7.31. The first-order valence-corrected chi connectivity index (χ1v) is 19.0. The molecule has 16 heteroatoms. The molecular formula is C40H44Cl2N4O10. The van der Waals surface area contributed by atoms with Crippen molar-refractivity contribution in [3.63, 3.8) is 0 Å². The van der Waals surface area contributed by atoms with E-state index in [1.165, 1.54) is 25.3 Å². The SMILES string of the molecule is COc1nc(OC2CCc3c(-c4cccc5c4CCC5Oc4nc(OC)c(CNCC(O)CC(=O)O)cc4Cl)cccc32)c(Cl)cc1CNCC(O)CC(=O)O. The van der Waals surface area contributed by atoms with Crippen molar-refractivity contribution in [3.8, 4) is 34.6 Å². The van der Waals surface area contributed by atoms with Crippen LogP contribution in [0.15, 0.2) is 48.5 Å². The number of aliphatic hydroxyl groups excluding tert-OH is 2. The second-order valence-corrected chi connectivity index (χ2v) is 14.5. The molecule has 4 atom stereocenters. The number of methoxy groups -OCH3 is 2. The maximum absolute atomic E-state index is 10.9. The lowest BCUT2D eigenvalue weighted by atomic mass is 9.91. The second-order valence-electron chi connectivity index (χ2n) is 13.7. The summed E-state index contributed by atoms with van der Waals surface area (Å²) in [4.78, 5) is 30.8. The van der Waals surface area contributed by atoms with Crippen LogP contribution in [0.2, 0.25) is 10.0 Å². The lowest BCUT2D eigenvalue weighted by molar-refractivity contribution is -0.140. The number of aliphatic hydroxyl groups is 2. The summed E-state index contributed by atoms with van der Waals surface area (Å²) in [6.45, 7) is 0.656. The van der Waals surface area contributed by atoms with E-state index in [1.54, 1.807) is 12.1 Å². The van der Waals surface area contributed by atoms with Gasteiger partial charge in [0.1, 0.15) is 22.3 Å². The van der Waals surface area contributed by atoms with E-state index >= 15 is 0 Å². The van der Waals surface area contributed by atoms with E-state index in [0.29, 0.717) is 32.9 Å². The Morgan fingerprint density at radius 1 is 0.714 bits per heavy atom. The summed E-state index contributed by atoms with van der Waals surface area (Å²) in [6, 6.07) is 15.8. The number of nitrogens with one attached hydrogen (secondary N) is 2. The number of aromatic nitrogens is 2. The highest BCUT2D eigenvalue weighted by Gasteiger charge is 2.32. The van der Waals surface area contributed by atoms with Gasteiger partial charge < -0.3 is 50.0 Å². The van der Waals surface area contributed by atoms with Crippen molar-refractivity contribution >= 4 is 35.1 Å². The molecule has 2 heterocycles. The molecule has 0 saturated heterocycles. The van der Waals surface area contributed by atoms with Gasteiger partial charge in [-0.1, -0.05) is 59.6 Å². The highest BCUT2D eigenvalue weighted by molar-refractivity contribution is 6.32. The predicted octanol–water partition coefficient (Wildman–Crippen LogP) is 5.45. The van der Waals surface area contributed by atoms with Crippen molar-refractivity contribution < 1.29 is 49.0 Å². The summed E-state index contributed by atoms with van der Waals surface area (Å²) in [7, 11) is 2.99. The van der Waals surface area contributed by atoms with Gasteiger partial charge >= 0.3 is 11.9 Å². The summed E-state index contributed by atoms with van der Waals surface area (Å²) < 4.78 is 23.9. The Bertz CT molecular complexity index is 1920. The number of fused-ring (bicyclic) bond motifs is 2. The van der Waals surface area contributed by atoms with E-state index < -0.39 is 24.1 Å². The van der Waals surface area contributed by atoms with Crippen LogP contribution in [0, 0.1) is 0 Å². The van der Waals surface area contributed by atoms with E-state index in [1.807, 2.05) is 12.1 Å². The van der Waals surface area contributed by atoms with Crippen molar-refractivity contribution in [2.24, 2.45) is 0 Å². The lowest BCUT2D eigenvalue weighted by Crippen LogP contribution is -2.28. The Hall–Kier alpha value is -4.70. The van der Waals surface area contributed by atoms with Gasteiger partial charge in [0, 0.05) is 37.3 Å².